The highest BCUT2D eigenvalue weighted by Gasteiger charge is 2.11. The van der Waals surface area contributed by atoms with Crippen molar-refractivity contribution >= 4 is 23.2 Å². The van der Waals surface area contributed by atoms with E-state index < -0.39 is 11.6 Å². The highest BCUT2D eigenvalue weighted by atomic mass is 35.5. The van der Waals surface area contributed by atoms with Crippen molar-refractivity contribution in [3.63, 3.8) is 0 Å². The Bertz CT molecular complexity index is 617. The predicted octanol–water partition coefficient (Wildman–Crippen LogP) is 1.31. The third-order valence-corrected chi connectivity index (χ3v) is 2.40. The fourth-order valence-corrected chi connectivity index (χ4v) is 1.46. The zero-order chi connectivity index (χ0) is 12.4. The van der Waals surface area contributed by atoms with Crippen molar-refractivity contribution < 1.29 is 4.79 Å². The van der Waals surface area contributed by atoms with E-state index in [0.717, 1.165) is 5.56 Å². The number of aromatic amines is 2. The van der Waals surface area contributed by atoms with Crippen LogP contribution in [0, 0.1) is 6.92 Å². The molecular weight excluding hydrogens is 244 g/mol. The van der Waals surface area contributed by atoms with Crippen LogP contribution >= 0.6 is 11.6 Å². The topological polar surface area (TPSA) is 90.6 Å². The van der Waals surface area contributed by atoms with Crippen molar-refractivity contribution in [3.8, 4) is 0 Å². The van der Waals surface area contributed by atoms with Gasteiger partial charge in [-0.2, -0.15) is 0 Å². The Labute approximate surface area is 101 Å². The summed E-state index contributed by atoms with van der Waals surface area (Å²) < 4.78 is 0. The fraction of sp³-hybridized carbons (Fsp3) is 0.100. The molecule has 1 amide bonds. The molecule has 0 fully saturated rings. The normalized spacial score (nSPS) is 10.2. The molecule has 0 aliphatic heterocycles. The number of aryl methyl sites for hydroxylation is 1. The Morgan fingerprint density at radius 1 is 1.47 bits per heavy atom. The number of benzene rings is 1. The van der Waals surface area contributed by atoms with Crippen molar-refractivity contribution in [2.45, 2.75) is 6.92 Å². The summed E-state index contributed by atoms with van der Waals surface area (Å²) in [4.78, 5) is 24.7. The number of rotatable bonds is 2. The molecule has 0 aliphatic carbocycles. The quantitative estimate of drug-likeness (QED) is 0.753. The molecule has 0 spiro atoms. The zero-order valence-electron chi connectivity index (χ0n) is 8.87. The van der Waals surface area contributed by atoms with Crippen molar-refractivity contribution in [2.24, 2.45) is 0 Å². The number of nitrogens with zero attached hydrogens (tertiary/aromatic N) is 1. The van der Waals surface area contributed by atoms with Crippen LogP contribution < -0.4 is 11.0 Å². The van der Waals surface area contributed by atoms with Crippen molar-refractivity contribution in [3.05, 3.63) is 45.1 Å². The minimum absolute atomic E-state index is 0.0747. The lowest BCUT2D eigenvalue weighted by Gasteiger charge is -2.06. The Hall–Kier alpha value is -2.08. The largest absolute Gasteiger partial charge is 0.341 e. The van der Waals surface area contributed by atoms with Gasteiger partial charge >= 0.3 is 5.69 Å². The summed E-state index contributed by atoms with van der Waals surface area (Å²) >= 11 is 5.82. The molecule has 0 unspecified atom stereocenters. The van der Waals surface area contributed by atoms with Gasteiger partial charge in [-0.3, -0.25) is 9.78 Å². The van der Waals surface area contributed by atoms with Crippen LogP contribution in [0.25, 0.3) is 0 Å². The molecule has 1 heterocycles. The number of halogens is 1. The average molecular weight is 253 g/mol. The van der Waals surface area contributed by atoms with Gasteiger partial charge in [0.1, 0.15) is 0 Å². The molecule has 6 nitrogen and oxygen atoms in total. The molecule has 88 valence electrons. The first-order valence-corrected chi connectivity index (χ1v) is 5.16. The second-order valence-electron chi connectivity index (χ2n) is 3.44. The van der Waals surface area contributed by atoms with Crippen LogP contribution in [-0.2, 0) is 0 Å². The van der Waals surface area contributed by atoms with Crippen LogP contribution in [0.5, 0.6) is 0 Å². The summed E-state index contributed by atoms with van der Waals surface area (Å²) in [7, 11) is 0. The van der Waals surface area contributed by atoms with E-state index in [2.05, 4.69) is 20.5 Å². The van der Waals surface area contributed by atoms with Crippen LogP contribution in [0.15, 0.2) is 23.0 Å². The fourth-order valence-electron chi connectivity index (χ4n) is 1.29. The second kappa shape index (κ2) is 4.42. The molecule has 2 rings (SSSR count). The number of hydrogen-bond donors (Lipinski definition) is 3. The van der Waals surface area contributed by atoms with E-state index in [0.29, 0.717) is 10.7 Å². The van der Waals surface area contributed by atoms with Crippen molar-refractivity contribution in [1.29, 1.82) is 0 Å². The summed E-state index contributed by atoms with van der Waals surface area (Å²) in [6, 6.07) is 5.13. The van der Waals surface area contributed by atoms with Gasteiger partial charge < -0.3 is 5.32 Å². The first kappa shape index (κ1) is 11.4. The number of hydrogen-bond acceptors (Lipinski definition) is 3. The number of amides is 1. The summed E-state index contributed by atoms with van der Waals surface area (Å²) in [6.07, 6.45) is 0. The van der Waals surface area contributed by atoms with E-state index >= 15 is 0 Å². The molecule has 1 aromatic heterocycles. The van der Waals surface area contributed by atoms with E-state index in [1.54, 1.807) is 18.2 Å². The van der Waals surface area contributed by atoms with Crippen LogP contribution in [-0.4, -0.2) is 21.1 Å². The lowest BCUT2D eigenvalue weighted by Crippen LogP contribution is -2.15. The number of carbonyl (C=O) groups is 1. The third kappa shape index (κ3) is 2.54. The van der Waals surface area contributed by atoms with E-state index in [1.165, 1.54) is 0 Å². The molecular formula is C10H9ClN4O2. The van der Waals surface area contributed by atoms with Crippen LogP contribution in [0.4, 0.5) is 5.69 Å². The lowest BCUT2D eigenvalue weighted by atomic mass is 10.2. The Kier molecular flexibility index (Phi) is 2.97. The Balaban J connectivity index is 2.24. The number of nitrogens with one attached hydrogen (secondary N) is 3. The Morgan fingerprint density at radius 3 is 2.88 bits per heavy atom. The molecule has 3 N–H and O–H groups in total. The summed E-state index contributed by atoms with van der Waals surface area (Å²) in [6.45, 7) is 1.83. The molecule has 0 bridgehead atoms. The standard InChI is InChI=1S/C10H9ClN4O2/c1-5-2-3-6(11)4-7(5)12-9(16)8-13-10(17)15-14-8/h2-4H,1H3,(H,12,16)(H2,13,14,15,17). The van der Waals surface area contributed by atoms with Crippen LogP contribution in [0.1, 0.15) is 16.2 Å². The van der Waals surface area contributed by atoms with Gasteiger partial charge in [0.05, 0.1) is 0 Å². The number of H-pyrrole nitrogens is 2. The number of aromatic nitrogens is 3. The molecule has 0 saturated heterocycles. The minimum atomic E-state index is -0.530. The van der Waals surface area contributed by atoms with Gasteiger partial charge in [0.15, 0.2) is 0 Å². The molecule has 1 aromatic carbocycles. The maximum atomic E-state index is 11.7. The molecule has 0 radical (unpaired) electrons. The van der Waals surface area contributed by atoms with Gasteiger partial charge in [0.25, 0.3) is 5.91 Å². The summed E-state index contributed by atoms with van der Waals surface area (Å²) in [5.74, 6) is -0.580. The molecule has 0 aliphatic rings. The van der Waals surface area contributed by atoms with Gasteiger partial charge in [-0.05, 0) is 24.6 Å². The van der Waals surface area contributed by atoms with Crippen LogP contribution in [0.2, 0.25) is 5.02 Å². The first-order valence-electron chi connectivity index (χ1n) is 4.78. The SMILES string of the molecule is Cc1ccc(Cl)cc1NC(=O)c1n[nH]c(=O)[nH]1. The van der Waals surface area contributed by atoms with Gasteiger partial charge in [0.2, 0.25) is 5.82 Å². The van der Waals surface area contributed by atoms with E-state index in [9.17, 15) is 9.59 Å². The summed E-state index contributed by atoms with van der Waals surface area (Å²) in [5, 5.41) is 8.76. The van der Waals surface area contributed by atoms with Gasteiger partial charge in [-0.15, -0.1) is 5.10 Å². The van der Waals surface area contributed by atoms with E-state index in [-0.39, 0.29) is 5.82 Å². The molecule has 0 atom stereocenters. The molecule has 7 heteroatoms. The van der Waals surface area contributed by atoms with Gasteiger partial charge in [0, 0.05) is 10.7 Å². The van der Waals surface area contributed by atoms with Crippen molar-refractivity contribution in [2.75, 3.05) is 5.32 Å². The third-order valence-electron chi connectivity index (χ3n) is 2.16. The predicted molar refractivity (Wildman–Crippen MR) is 63.4 cm³/mol. The first-order chi connectivity index (χ1) is 8.06. The number of carbonyl (C=O) groups excluding carboxylic acids is 1. The van der Waals surface area contributed by atoms with Gasteiger partial charge in [-0.1, -0.05) is 17.7 Å². The van der Waals surface area contributed by atoms with Crippen LogP contribution in [0.3, 0.4) is 0 Å². The highest BCUT2D eigenvalue weighted by molar-refractivity contribution is 6.31. The molecule has 17 heavy (non-hydrogen) atoms. The molecule has 2 aromatic rings. The smallest absolute Gasteiger partial charge is 0.319 e. The average Bonchev–Trinajstić information content (AvgIpc) is 2.70. The minimum Gasteiger partial charge on any atom is -0.319 e. The van der Waals surface area contributed by atoms with Crippen molar-refractivity contribution in [1.82, 2.24) is 15.2 Å². The van der Waals surface area contributed by atoms with E-state index in [4.69, 9.17) is 11.6 Å². The maximum absolute atomic E-state index is 11.7. The monoisotopic (exact) mass is 252 g/mol. The zero-order valence-corrected chi connectivity index (χ0v) is 9.63. The molecule has 0 saturated carbocycles. The second-order valence-corrected chi connectivity index (χ2v) is 3.88. The Morgan fingerprint density at radius 2 is 2.24 bits per heavy atom. The van der Waals surface area contributed by atoms with E-state index in [1.807, 2.05) is 6.92 Å². The lowest BCUT2D eigenvalue weighted by molar-refractivity contribution is 0.101. The summed E-state index contributed by atoms with van der Waals surface area (Å²) in [5.41, 5.74) is 0.907. The van der Waals surface area contributed by atoms with Gasteiger partial charge in [-0.25, -0.2) is 9.89 Å². The number of anilines is 1. The highest BCUT2D eigenvalue weighted by Crippen LogP contribution is 2.20. The maximum Gasteiger partial charge on any atom is 0.341 e.